The third-order valence-electron chi connectivity index (χ3n) is 7.17. The monoisotopic (exact) mass is 643 g/mol. The van der Waals surface area contributed by atoms with Gasteiger partial charge in [-0.1, -0.05) is 48.0 Å². The highest BCUT2D eigenvalue weighted by Gasteiger charge is 2.33. The first-order chi connectivity index (χ1) is 21.8. The van der Waals surface area contributed by atoms with Gasteiger partial charge in [0.1, 0.15) is 29.8 Å². The van der Waals surface area contributed by atoms with Crippen LogP contribution in [-0.2, 0) is 26.2 Å². The molecule has 4 rings (SSSR count). The van der Waals surface area contributed by atoms with E-state index in [1.54, 1.807) is 74.7 Å². The summed E-state index contributed by atoms with van der Waals surface area (Å²) < 4.78 is 40.5. The highest BCUT2D eigenvalue weighted by molar-refractivity contribution is 7.92. The van der Waals surface area contributed by atoms with Gasteiger partial charge < -0.3 is 19.7 Å². The first-order valence-electron chi connectivity index (χ1n) is 14.9. The van der Waals surface area contributed by atoms with Crippen LogP contribution in [0.25, 0.3) is 0 Å². The van der Waals surface area contributed by atoms with Gasteiger partial charge in [0.05, 0.1) is 17.7 Å². The maximum atomic E-state index is 14.2. The lowest BCUT2D eigenvalue weighted by Gasteiger charge is -2.33. The average Bonchev–Trinajstić information content (AvgIpc) is 3.02. The fourth-order valence-electron chi connectivity index (χ4n) is 4.66. The van der Waals surface area contributed by atoms with Crippen molar-refractivity contribution in [2.24, 2.45) is 0 Å². The fourth-order valence-corrected chi connectivity index (χ4v) is 6.07. The van der Waals surface area contributed by atoms with Crippen LogP contribution >= 0.6 is 0 Å². The number of carbonyl (C=O) groups is 2. The van der Waals surface area contributed by atoms with E-state index >= 15 is 0 Å². The number of benzene rings is 4. The highest BCUT2D eigenvalue weighted by Crippen LogP contribution is 2.29. The molecular formula is C36H41N3O6S. The zero-order valence-corrected chi connectivity index (χ0v) is 27.9. The SMILES string of the molecule is COc1ccc(CN(C(=O)CN(c2ccc(Oc3ccccc3)cc2)S(=O)(=O)c2ccc(C)cc2)[C@@H](C)C(=O)NC(C)(C)C)cc1. The van der Waals surface area contributed by atoms with Crippen LogP contribution in [0.3, 0.4) is 0 Å². The van der Waals surface area contributed by atoms with Gasteiger partial charge in [0.25, 0.3) is 10.0 Å². The van der Waals surface area contributed by atoms with Crippen molar-refractivity contribution in [3.05, 3.63) is 114 Å². The van der Waals surface area contributed by atoms with Gasteiger partial charge in [-0.3, -0.25) is 13.9 Å². The van der Waals surface area contributed by atoms with Gasteiger partial charge in [0.15, 0.2) is 0 Å². The fraction of sp³-hybridized carbons (Fsp3) is 0.278. The first kappa shape index (κ1) is 34.1. The van der Waals surface area contributed by atoms with Crippen LogP contribution in [0.1, 0.15) is 38.8 Å². The van der Waals surface area contributed by atoms with Gasteiger partial charge in [-0.2, -0.15) is 0 Å². The number of aryl methyl sites for hydroxylation is 1. The summed E-state index contributed by atoms with van der Waals surface area (Å²) in [6, 6.07) is 28.4. The summed E-state index contributed by atoms with van der Waals surface area (Å²) in [6.07, 6.45) is 0. The molecule has 0 aliphatic carbocycles. The molecule has 9 nitrogen and oxygen atoms in total. The third kappa shape index (κ3) is 8.88. The van der Waals surface area contributed by atoms with Crippen molar-refractivity contribution in [2.45, 2.75) is 57.6 Å². The van der Waals surface area contributed by atoms with E-state index < -0.39 is 34.1 Å². The van der Waals surface area contributed by atoms with Crippen LogP contribution in [0.4, 0.5) is 5.69 Å². The highest BCUT2D eigenvalue weighted by atomic mass is 32.2. The number of anilines is 1. The first-order valence-corrected chi connectivity index (χ1v) is 16.4. The molecule has 0 aliphatic rings. The Kier molecular flexibility index (Phi) is 10.7. The van der Waals surface area contributed by atoms with Crippen LogP contribution in [-0.4, -0.2) is 50.4 Å². The van der Waals surface area contributed by atoms with Gasteiger partial charge in [0.2, 0.25) is 11.8 Å². The van der Waals surface area contributed by atoms with E-state index in [4.69, 9.17) is 9.47 Å². The third-order valence-corrected chi connectivity index (χ3v) is 8.96. The number of rotatable bonds is 12. The zero-order chi connectivity index (χ0) is 33.5. The Morgan fingerprint density at radius 3 is 1.93 bits per heavy atom. The largest absolute Gasteiger partial charge is 0.497 e. The molecule has 4 aromatic carbocycles. The van der Waals surface area contributed by atoms with E-state index in [1.807, 2.05) is 58.0 Å². The van der Waals surface area contributed by atoms with Crippen molar-refractivity contribution >= 4 is 27.5 Å². The summed E-state index contributed by atoms with van der Waals surface area (Å²) in [4.78, 5) is 28.9. The molecular weight excluding hydrogens is 602 g/mol. The number of para-hydroxylation sites is 1. The number of methoxy groups -OCH3 is 1. The Morgan fingerprint density at radius 2 is 1.37 bits per heavy atom. The number of nitrogens with one attached hydrogen (secondary N) is 1. The maximum Gasteiger partial charge on any atom is 0.264 e. The minimum Gasteiger partial charge on any atom is -0.497 e. The second-order valence-electron chi connectivity index (χ2n) is 12.0. The number of ether oxygens (including phenoxy) is 2. The maximum absolute atomic E-state index is 14.2. The van der Waals surface area contributed by atoms with E-state index in [2.05, 4.69) is 5.32 Å². The molecule has 0 saturated carbocycles. The van der Waals surface area contributed by atoms with Crippen LogP contribution in [0.15, 0.2) is 108 Å². The summed E-state index contributed by atoms with van der Waals surface area (Å²) in [7, 11) is -2.64. The minimum absolute atomic E-state index is 0.0377. The summed E-state index contributed by atoms with van der Waals surface area (Å²) >= 11 is 0. The molecule has 0 aromatic heterocycles. The smallest absolute Gasteiger partial charge is 0.264 e. The molecule has 0 saturated heterocycles. The van der Waals surface area contributed by atoms with Crippen molar-refractivity contribution in [1.82, 2.24) is 10.2 Å². The minimum atomic E-state index is -4.20. The van der Waals surface area contributed by atoms with E-state index in [9.17, 15) is 18.0 Å². The predicted molar refractivity (Wildman–Crippen MR) is 180 cm³/mol. The van der Waals surface area contributed by atoms with E-state index in [0.717, 1.165) is 15.4 Å². The van der Waals surface area contributed by atoms with Crippen LogP contribution in [0.2, 0.25) is 0 Å². The van der Waals surface area contributed by atoms with Crippen molar-refractivity contribution in [3.63, 3.8) is 0 Å². The second kappa shape index (κ2) is 14.5. The number of hydrogen-bond donors (Lipinski definition) is 1. The number of amides is 2. The Morgan fingerprint density at radius 1 is 0.804 bits per heavy atom. The van der Waals surface area contributed by atoms with Crippen LogP contribution in [0, 0.1) is 6.92 Å². The summed E-state index contributed by atoms with van der Waals surface area (Å²) in [5.74, 6) is 0.876. The lowest BCUT2D eigenvalue weighted by molar-refractivity contribution is -0.140. The van der Waals surface area contributed by atoms with Crippen molar-refractivity contribution in [1.29, 1.82) is 0 Å². The molecule has 4 aromatic rings. The quantitative estimate of drug-likeness (QED) is 0.194. The molecule has 0 unspecified atom stereocenters. The molecule has 0 radical (unpaired) electrons. The second-order valence-corrected chi connectivity index (χ2v) is 13.9. The lowest BCUT2D eigenvalue weighted by Crippen LogP contribution is -2.54. The normalized spacial score (nSPS) is 12.1. The summed E-state index contributed by atoms with van der Waals surface area (Å²) in [6.45, 7) is 8.60. The molecule has 0 fully saturated rings. The molecule has 0 heterocycles. The van der Waals surface area contributed by atoms with Crippen LogP contribution in [0.5, 0.6) is 17.2 Å². The zero-order valence-electron chi connectivity index (χ0n) is 27.1. The van der Waals surface area contributed by atoms with Gasteiger partial charge >= 0.3 is 0 Å². The number of carbonyl (C=O) groups excluding carboxylic acids is 2. The molecule has 46 heavy (non-hydrogen) atoms. The van der Waals surface area contributed by atoms with Crippen LogP contribution < -0.4 is 19.1 Å². The topological polar surface area (TPSA) is 105 Å². The van der Waals surface area contributed by atoms with Gasteiger partial charge in [-0.25, -0.2) is 8.42 Å². The van der Waals surface area contributed by atoms with E-state index in [-0.39, 0.29) is 23.0 Å². The lowest BCUT2D eigenvalue weighted by atomic mass is 10.1. The molecule has 0 aliphatic heterocycles. The molecule has 242 valence electrons. The van der Waals surface area contributed by atoms with Gasteiger partial charge in [0, 0.05) is 12.1 Å². The Hall–Kier alpha value is -4.83. The summed E-state index contributed by atoms with van der Waals surface area (Å²) in [5.41, 5.74) is 1.38. The molecule has 2 amide bonds. The molecule has 10 heteroatoms. The summed E-state index contributed by atoms with van der Waals surface area (Å²) in [5, 5.41) is 2.93. The molecule has 0 spiro atoms. The predicted octanol–water partition coefficient (Wildman–Crippen LogP) is 6.32. The standard InChI is InChI=1S/C36H41N3O6S/c1-26-12-22-33(23-13-26)46(42,43)39(29-16-20-32(21-17-29)45-31-10-8-7-9-11-31)25-34(40)38(27(2)35(41)37-36(3,4)5)24-28-14-18-30(44-6)19-15-28/h7-23,27H,24-25H2,1-6H3,(H,37,41)/t27-/m0/s1. The Bertz CT molecular complexity index is 1720. The number of hydrogen-bond acceptors (Lipinski definition) is 6. The molecule has 0 bridgehead atoms. The van der Waals surface area contributed by atoms with E-state index in [1.165, 1.54) is 17.0 Å². The number of nitrogens with zero attached hydrogens (tertiary/aromatic N) is 2. The van der Waals surface area contributed by atoms with Gasteiger partial charge in [-0.05, 0) is 101 Å². The van der Waals surface area contributed by atoms with Crippen molar-refractivity contribution < 1.29 is 27.5 Å². The Labute approximate surface area is 271 Å². The van der Waals surface area contributed by atoms with Gasteiger partial charge in [-0.15, -0.1) is 0 Å². The van der Waals surface area contributed by atoms with Crippen molar-refractivity contribution in [2.75, 3.05) is 18.0 Å². The number of sulfonamides is 1. The Balaban J connectivity index is 1.71. The average molecular weight is 644 g/mol. The van der Waals surface area contributed by atoms with Crippen molar-refractivity contribution in [3.8, 4) is 17.2 Å². The molecule has 1 N–H and O–H groups in total. The molecule has 1 atom stereocenters. The van der Waals surface area contributed by atoms with E-state index in [0.29, 0.717) is 17.2 Å².